The maximum Gasteiger partial charge on any atom is 0.0794 e. The van der Waals surface area contributed by atoms with E-state index in [-0.39, 0.29) is 12.4 Å². The fourth-order valence-electron chi connectivity index (χ4n) is 1.69. The molecule has 0 aliphatic carbocycles. The molecule has 0 amide bonds. The van der Waals surface area contributed by atoms with Crippen LogP contribution in [0.3, 0.4) is 0 Å². The molecule has 0 unspecified atom stereocenters. The monoisotopic (exact) mass is 264 g/mol. The molecule has 0 spiro atoms. The summed E-state index contributed by atoms with van der Waals surface area (Å²) in [5.74, 6) is 3.41. The number of hydrogen-bond donors (Lipinski definition) is 1. The third-order valence-electron chi connectivity index (χ3n) is 2.54. The molecule has 1 aliphatic heterocycles. The average Bonchev–Trinajstić information content (AvgIpc) is 2.72. The molecule has 1 aromatic rings. The number of hydrogen-bond acceptors (Lipinski definition) is 4. The fraction of sp³-hybridized carbons (Fsp3) is 0.700. The SMILES string of the molecule is Cl.c1ncc(CSCC2CCNCC2)s1. The summed E-state index contributed by atoms with van der Waals surface area (Å²) in [6, 6.07) is 0. The van der Waals surface area contributed by atoms with Crippen molar-refractivity contribution in [2.45, 2.75) is 18.6 Å². The Morgan fingerprint density at radius 1 is 1.47 bits per heavy atom. The Morgan fingerprint density at radius 3 is 2.93 bits per heavy atom. The van der Waals surface area contributed by atoms with Crippen molar-refractivity contribution < 1.29 is 0 Å². The van der Waals surface area contributed by atoms with Gasteiger partial charge < -0.3 is 5.32 Å². The quantitative estimate of drug-likeness (QED) is 0.905. The van der Waals surface area contributed by atoms with Crippen LogP contribution in [0, 0.1) is 5.92 Å². The Balaban J connectivity index is 0.00000112. The molecular weight excluding hydrogens is 248 g/mol. The normalized spacial score (nSPS) is 17.3. The van der Waals surface area contributed by atoms with Gasteiger partial charge in [-0.1, -0.05) is 0 Å². The van der Waals surface area contributed by atoms with Crippen molar-refractivity contribution in [3.63, 3.8) is 0 Å². The van der Waals surface area contributed by atoms with E-state index < -0.39 is 0 Å². The molecule has 5 heteroatoms. The molecule has 0 saturated carbocycles. The molecule has 1 aromatic heterocycles. The van der Waals surface area contributed by atoms with Crippen molar-refractivity contribution in [1.29, 1.82) is 0 Å². The van der Waals surface area contributed by atoms with Crippen LogP contribution in [0.15, 0.2) is 11.7 Å². The van der Waals surface area contributed by atoms with E-state index in [9.17, 15) is 0 Å². The van der Waals surface area contributed by atoms with Gasteiger partial charge in [0.25, 0.3) is 0 Å². The predicted octanol–water partition coefficient (Wildman–Crippen LogP) is 2.80. The largest absolute Gasteiger partial charge is 0.317 e. The second-order valence-corrected chi connectivity index (χ2v) is 5.68. The van der Waals surface area contributed by atoms with Crippen LogP contribution < -0.4 is 5.32 Å². The van der Waals surface area contributed by atoms with Crippen LogP contribution >= 0.6 is 35.5 Å². The molecule has 2 nitrogen and oxygen atoms in total. The molecule has 1 fully saturated rings. The fourth-order valence-corrected chi connectivity index (χ4v) is 3.65. The number of rotatable bonds is 4. The highest BCUT2D eigenvalue weighted by Crippen LogP contribution is 2.22. The standard InChI is InChI=1S/C10H16N2S2.ClH/c1-3-11-4-2-9(1)6-13-7-10-5-12-8-14-10;/h5,8-9,11H,1-4,6-7H2;1H. The molecule has 15 heavy (non-hydrogen) atoms. The summed E-state index contributed by atoms with van der Waals surface area (Å²) in [6.45, 7) is 2.43. The van der Waals surface area contributed by atoms with Crippen LogP contribution in [0.4, 0.5) is 0 Å². The lowest BCUT2D eigenvalue weighted by atomic mass is 10.0. The van der Waals surface area contributed by atoms with Crippen molar-refractivity contribution in [3.05, 3.63) is 16.6 Å². The van der Waals surface area contributed by atoms with Gasteiger partial charge in [-0.3, -0.25) is 4.98 Å². The summed E-state index contributed by atoms with van der Waals surface area (Å²) >= 11 is 3.83. The van der Waals surface area contributed by atoms with Gasteiger partial charge >= 0.3 is 0 Å². The first-order chi connectivity index (χ1) is 6.95. The molecule has 86 valence electrons. The lowest BCUT2D eigenvalue weighted by molar-refractivity contribution is 0.408. The zero-order valence-corrected chi connectivity index (χ0v) is 11.1. The van der Waals surface area contributed by atoms with Crippen molar-refractivity contribution >= 4 is 35.5 Å². The van der Waals surface area contributed by atoms with Gasteiger partial charge in [-0.05, 0) is 37.6 Å². The van der Waals surface area contributed by atoms with E-state index in [0.717, 1.165) is 11.7 Å². The van der Waals surface area contributed by atoms with E-state index in [4.69, 9.17) is 0 Å². The maximum absolute atomic E-state index is 4.08. The minimum atomic E-state index is 0. The van der Waals surface area contributed by atoms with Gasteiger partial charge in [-0.15, -0.1) is 23.7 Å². The highest BCUT2D eigenvalue weighted by atomic mass is 35.5. The van der Waals surface area contributed by atoms with Crippen LogP contribution in [0.25, 0.3) is 0 Å². The van der Waals surface area contributed by atoms with Gasteiger partial charge in [0.05, 0.1) is 5.51 Å². The van der Waals surface area contributed by atoms with E-state index in [2.05, 4.69) is 22.1 Å². The number of nitrogens with zero attached hydrogens (tertiary/aromatic N) is 1. The highest BCUT2D eigenvalue weighted by molar-refractivity contribution is 7.98. The lowest BCUT2D eigenvalue weighted by Crippen LogP contribution is -2.28. The third-order valence-corrected chi connectivity index (χ3v) is 4.72. The van der Waals surface area contributed by atoms with E-state index in [1.807, 2.05) is 11.7 Å². The molecule has 0 bridgehead atoms. The van der Waals surface area contributed by atoms with Gasteiger partial charge in [0.15, 0.2) is 0 Å². The molecule has 2 heterocycles. The Labute approximate surface area is 106 Å². The minimum Gasteiger partial charge on any atom is -0.317 e. The summed E-state index contributed by atoms with van der Waals surface area (Å²) in [5, 5.41) is 3.40. The summed E-state index contributed by atoms with van der Waals surface area (Å²) in [5.41, 5.74) is 1.92. The molecule has 1 N–H and O–H groups in total. The second kappa shape index (κ2) is 7.49. The molecule has 0 aromatic carbocycles. The summed E-state index contributed by atoms with van der Waals surface area (Å²) < 4.78 is 0. The van der Waals surface area contributed by atoms with Gasteiger partial charge in [-0.25, -0.2) is 0 Å². The van der Waals surface area contributed by atoms with E-state index in [1.165, 1.54) is 36.6 Å². The predicted molar refractivity (Wildman–Crippen MR) is 71.1 cm³/mol. The van der Waals surface area contributed by atoms with Crippen molar-refractivity contribution in [2.24, 2.45) is 5.92 Å². The van der Waals surface area contributed by atoms with Gasteiger partial charge in [0.1, 0.15) is 0 Å². The zero-order chi connectivity index (χ0) is 9.64. The average molecular weight is 265 g/mol. The number of thiazole rings is 1. The van der Waals surface area contributed by atoms with Crippen LogP contribution in [-0.2, 0) is 5.75 Å². The van der Waals surface area contributed by atoms with Crippen molar-refractivity contribution in [3.8, 4) is 0 Å². The first-order valence-corrected chi connectivity index (χ1v) is 7.14. The lowest BCUT2D eigenvalue weighted by Gasteiger charge is -2.21. The summed E-state index contributed by atoms with van der Waals surface area (Å²) in [4.78, 5) is 5.49. The molecule has 0 atom stereocenters. The summed E-state index contributed by atoms with van der Waals surface area (Å²) in [7, 11) is 0. The number of halogens is 1. The number of aromatic nitrogens is 1. The van der Waals surface area contributed by atoms with Crippen molar-refractivity contribution in [2.75, 3.05) is 18.8 Å². The van der Waals surface area contributed by atoms with E-state index in [0.29, 0.717) is 0 Å². The number of piperidine rings is 1. The zero-order valence-electron chi connectivity index (χ0n) is 8.65. The van der Waals surface area contributed by atoms with E-state index >= 15 is 0 Å². The molecular formula is C10H17ClN2S2. The van der Waals surface area contributed by atoms with E-state index in [1.54, 1.807) is 11.3 Å². The molecule has 1 aliphatic rings. The van der Waals surface area contributed by atoms with Gasteiger partial charge in [-0.2, -0.15) is 11.8 Å². The first kappa shape index (κ1) is 13.3. The molecule has 2 rings (SSSR count). The van der Waals surface area contributed by atoms with Gasteiger partial charge in [0, 0.05) is 16.8 Å². The molecule has 1 saturated heterocycles. The Kier molecular flexibility index (Phi) is 6.64. The Hall–Kier alpha value is 0.230. The Bertz CT molecular complexity index is 248. The summed E-state index contributed by atoms with van der Waals surface area (Å²) in [6.07, 6.45) is 4.70. The smallest absolute Gasteiger partial charge is 0.0794 e. The van der Waals surface area contributed by atoms with Crippen LogP contribution in [0.5, 0.6) is 0 Å². The van der Waals surface area contributed by atoms with Crippen LogP contribution in [0.2, 0.25) is 0 Å². The maximum atomic E-state index is 4.08. The van der Waals surface area contributed by atoms with Crippen LogP contribution in [-0.4, -0.2) is 23.8 Å². The van der Waals surface area contributed by atoms with Crippen molar-refractivity contribution in [1.82, 2.24) is 10.3 Å². The Morgan fingerprint density at radius 2 is 2.27 bits per heavy atom. The topological polar surface area (TPSA) is 24.9 Å². The first-order valence-electron chi connectivity index (χ1n) is 5.11. The second-order valence-electron chi connectivity index (χ2n) is 3.68. The number of nitrogens with one attached hydrogen (secondary N) is 1. The highest BCUT2D eigenvalue weighted by Gasteiger charge is 2.12. The minimum absolute atomic E-state index is 0. The molecule has 0 radical (unpaired) electrons. The van der Waals surface area contributed by atoms with Crippen LogP contribution in [0.1, 0.15) is 17.7 Å². The number of thioether (sulfide) groups is 1. The third kappa shape index (κ3) is 4.72. The van der Waals surface area contributed by atoms with Gasteiger partial charge in [0.2, 0.25) is 0 Å².